The van der Waals surface area contributed by atoms with Crippen LogP contribution in [0.1, 0.15) is 30.0 Å². The normalized spacial score (nSPS) is 18.3. The number of amides is 1. The molecule has 2 heterocycles. The predicted molar refractivity (Wildman–Crippen MR) is 93.4 cm³/mol. The standard InChI is InChI=1S/C17H17Cl2N3O2/c18-11-3-4-13(23)14(15(11)19)16(10-5-8-20-9-6-10)22-17(24)12-2-1-7-21-12/h3-6,8-9,12,16,21,23H,1-2,7H2,(H,22,24)/t12-,16-/m0/s1. The number of aromatic nitrogens is 1. The van der Waals surface area contributed by atoms with E-state index in [4.69, 9.17) is 23.2 Å². The molecule has 1 aromatic carbocycles. The molecule has 2 aromatic rings. The van der Waals surface area contributed by atoms with Crippen LogP contribution in [0.2, 0.25) is 10.0 Å². The number of phenolic OH excluding ortho intramolecular Hbond substituents is 1. The summed E-state index contributed by atoms with van der Waals surface area (Å²) >= 11 is 12.4. The number of rotatable bonds is 4. The van der Waals surface area contributed by atoms with Crippen LogP contribution < -0.4 is 10.6 Å². The molecule has 5 nitrogen and oxygen atoms in total. The maximum atomic E-state index is 12.6. The number of halogens is 2. The quantitative estimate of drug-likeness (QED) is 0.778. The van der Waals surface area contributed by atoms with Crippen LogP contribution in [0.3, 0.4) is 0 Å². The van der Waals surface area contributed by atoms with Gasteiger partial charge in [0.1, 0.15) is 5.75 Å². The molecule has 0 bridgehead atoms. The van der Waals surface area contributed by atoms with Crippen molar-refractivity contribution >= 4 is 29.1 Å². The number of carbonyl (C=O) groups is 1. The highest BCUT2D eigenvalue weighted by atomic mass is 35.5. The molecule has 0 unspecified atom stereocenters. The van der Waals surface area contributed by atoms with Crippen LogP contribution in [0.4, 0.5) is 0 Å². The van der Waals surface area contributed by atoms with E-state index < -0.39 is 6.04 Å². The lowest BCUT2D eigenvalue weighted by molar-refractivity contribution is -0.123. The first-order valence-electron chi connectivity index (χ1n) is 7.68. The van der Waals surface area contributed by atoms with Crippen LogP contribution in [0, 0.1) is 0 Å². The Bertz CT molecular complexity index is 734. The Hall–Kier alpha value is -1.82. The van der Waals surface area contributed by atoms with E-state index in [2.05, 4.69) is 15.6 Å². The van der Waals surface area contributed by atoms with E-state index in [0.717, 1.165) is 24.9 Å². The van der Waals surface area contributed by atoms with Gasteiger partial charge in [0, 0.05) is 18.0 Å². The average Bonchev–Trinajstić information content (AvgIpc) is 3.13. The molecule has 0 spiro atoms. The fourth-order valence-electron chi connectivity index (χ4n) is 2.86. The molecule has 1 aliphatic rings. The molecule has 24 heavy (non-hydrogen) atoms. The van der Waals surface area contributed by atoms with Gasteiger partial charge in [-0.2, -0.15) is 0 Å². The number of nitrogens with one attached hydrogen (secondary N) is 2. The molecule has 7 heteroatoms. The van der Waals surface area contributed by atoms with Crippen LogP contribution in [-0.2, 0) is 4.79 Å². The molecule has 2 atom stereocenters. The van der Waals surface area contributed by atoms with Crippen molar-refractivity contribution in [3.8, 4) is 5.75 Å². The number of pyridine rings is 1. The Balaban J connectivity index is 2.00. The van der Waals surface area contributed by atoms with Gasteiger partial charge in [-0.1, -0.05) is 23.2 Å². The van der Waals surface area contributed by atoms with Crippen LogP contribution in [-0.4, -0.2) is 28.6 Å². The van der Waals surface area contributed by atoms with Gasteiger partial charge in [0.05, 0.1) is 22.1 Å². The van der Waals surface area contributed by atoms with Gasteiger partial charge in [-0.3, -0.25) is 9.78 Å². The summed E-state index contributed by atoms with van der Waals surface area (Å²) < 4.78 is 0. The highest BCUT2D eigenvalue weighted by Crippen LogP contribution is 2.39. The van der Waals surface area contributed by atoms with Gasteiger partial charge in [0.2, 0.25) is 5.91 Å². The highest BCUT2D eigenvalue weighted by molar-refractivity contribution is 6.42. The van der Waals surface area contributed by atoms with Gasteiger partial charge in [-0.05, 0) is 49.2 Å². The third-order valence-electron chi connectivity index (χ3n) is 4.10. The summed E-state index contributed by atoms with van der Waals surface area (Å²) in [7, 11) is 0. The summed E-state index contributed by atoms with van der Waals surface area (Å²) in [6, 6.07) is 5.67. The van der Waals surface area contributed by atoms with Gasteiger partial charge in [-0.25, -0.2) is 0 Å². The fraction of sp³-hybridized carbons (Fsp3) is 0.294. The number of phenols is 1. The Morgan fingerprint density at radius 3 is 2.71 bits per heavy atom. The summed E-state index contributed by atoms with van der Waals surface area (Å²) in [4.78, 5) is 16.6. The SMILES string of the molecule is O=C(N[C@@H](c1ccncc1)c1c(O)ccc(Cl)c1Cl)[C@@H]1CCCN1. The minimum Gasteiger partial charge on any atom is -0.508 e. The Morgan fingerprint density at radius 1 is 1.29 bits per heavy atom. The van der Waals surface area contributed by atoms with Crippen molar-refractivity contribution in [1.29, 1.82) is 0 Å². The van der Waals surface area contributed by atoms with Crippen molar-refractivity contribution in [2.24, 2.45) is 0 Å². The first kappa shape index (κ1) is 17.0. The molecular weight excluding hydrogens is 349 g/mol. The van der Waals surface area contributed by atoms with E-state index in [1.807, 2.05) is 0 Å². The lowest BCUT2D eigenvalue weighted by atomic mass is 9.98. The molecular formula is C17H17Cl2N3O2. The van der Waals surface area contributed by atoms with Gasteiger partial charge >= 0.3 is 0 Å². The Morgan fingerprint density at radius 2 is 2.04 bits per heavy atom. The summed E-state index contributed by atoms with van der Waals surface area (Å²) in [6.07, 6.45) is 4.99. The van der Waals surface area contributed by atoms with Crippen molar-refractivity contribution in [2.75, 3.05) is 6.54 Å². The molecule has 0 radical (unpaired) electrons. The van der Waals surface area contributed by atoms with Crippen molar-refractivity contribution in [3.63, 3.8) is 0 Å². The van der Waals surface area contributed by atoms with Crippen molar-refractivity contribution in [3.05, 3.63) is 57.8 Å². The molecule has 3 N–H and O–H groups in total. The van der Waals surface area contributed by atoms with Crippen LogP contribution in [0.25, 0.3) is 0 Å². The molecule has 3 rings (SSSR count). The van der Waals surface area contributed by atoms with E-state index in [0.29, 0.717) is 10.6 Å². The van der Waals surface area contributed by atoms with E-state index in [1.165, 1.54) is 12.1 Å². The minimum atomic E-state index is -0.617. The molecule has 1 aromatic heterocycles. The molecule has 1 saturated heterocycles. The van der Waals surface area contributed by atoms with E-state index in [1.54, 1.807) is 24.5 Å². The molecule has 1 amide bonds. The number of nitrogens with zero attached hydrogens (tertiary/aromatic N) is 1. The maximum Gasteiger partial charge on any atom is 0.237 e. The first-order valence-corrected chi connectivity index (χ1v) is 8.44. The minimum absolute atomic E-state index is 0.0223. The molecule has 126 valence electrons. The van der Waals surface area contributed by atoms with E-state index in [-0.39, 0.29) is 22.7 Å². The third-order valence-corrected chi connectivity index (χ3v) is 4.92. The number of hydrogen-bond acceptors (Lipinski definition) is 4. The Kier molecular flexibility index (Phi) is 5.23. The number of carbonyl (C=O) groups excluding carboxylic acids is 1. The van der Waals surface area contributed by atoms with Crippen LogP contribution >= 0.6 is 23.2 Å². The van der Waals surface area contributed by atoms with Gasteiger partial charge < -0.3 is 15.7 Å². The number of hydrogen-bond donors (Lipinski definition) is 3. The van der Waals surface area contributed by atoms with Crippen LogP contribution in [0.15, 0.2) is 36.7 Å². The lowest BCUT2D eigenvalue weighted by Crippen LogP contribution is -2.42. The van der Waals surface area contributed by atoms with E-state index >= 15 is 0 Å². The highest BCUT2D eigenvalue weighted by Gasteiger charge is 2.28. The summed E-state index contributed by atoms with van der Waals surface area (Å²) in [5, 5.41) is 17.0. The number of benzene rings is 1. The fourth-order valence-corrected chi connectivity index (χ4v) is 3.29. The second-order valence-corrected chi connectivity index (χ2v) is 6.45. The van der Waals surface area contributed by atoms with Crippen molar-refractivity contribution in [1.82, 2.24) is 15.6 Å². The summed E-state index contributed by atoms with van der Waals surface area (Å²) in [5.41, 5.74) is 1.14. The van der Waals surface area contributed by atoms with Gasteiger partial charge in [0.25, 0.3) is 0 Å². The van der Waals surface area contributed by atoms with Crippen LogP contribution in [0.5, 0.6) is 5.75 Å². The largest absolute Gasteiger partial charge is 0.508 e. The second-order valence-electron chi connectivity index (χ2n) is 5.67. The van der Waals surface area contributed by atoms with E-state index in [9.17, 15) is 9.90 Å². The number of aromatic hydroxyl groups is 1. The van der Waals surface area contributed by atoms with Crippen molar-refractivity contribution in [2.45, 2.75) is 24.9 Å². The monoisotopic (exact) mass is 365 g/mol. The zero-order valence-corrected chi connectivity index (χ0v) is 14.3. The first-order chi connectivity index (χ1) is 11.6. The second kappa shape index (κ2) is 7.38. The summed E-state index contributed by atoms with van der Waals surface area (Å²) in [6.45, 7) is 0.821. The van der Waals surface area contributed by atoms with Gasteiger partial charge in [0.15, 0.2) is 0 Å². The molecule has 0 aliphatic carbocycles. The maximum absolute atomic E-state index is 12.6. The molecule has 1 fully saturated rings. The zero-order chi connectivity index (χ0) is 17.1. The summed E-state index contributed by atoms with van der Waals surface area (Å²) in [5.74, 6) is -0.157. The Labute approximate surface area is 150 Å². The van der Waals surface area contributed by atoms with Gasteiger partial charge in [-0.15, -0.1) is 0 Å². The smallest absolute Gasteiger partial charge is 0.237 e. The molecule has 0 saturated carbocycles. The zero-order valence-electron chi connectivity index (χ0n) is 12.8. The third kappa shape index (κ3) is 3.48. The van der Waals surface area contributed by atoms with Crippen molar-refractivity contribution < 1.29 is 9.90 Å². The average molecular weight is 366 g/mol. The molecule has 1 aliphatic heterocycles. The lowest BCUT2D eigenvalue weighted by Gasteiger charge is -2.24. The topological polar surface area (TPSA) is 74.2 Å². The predicted octanol–water partition coefficient (Wildman–Crippen LogP) is 3.05.